The molecule has 0 radical (unpaired) electrons. The molecule has 0 aliphatic heterocycles. The zero-order valence-electron chi connectivity index (χ0n) is 13.6. The molecule has 3 rings (SSSR count). The summed E-state index contributed by atoms with van der Waals surface area (Å²) < 4.78 is 1.71. The summed E-state index contributed by atoms with van der Waals surface area (Å²) in [6, 6.07) is 9.81. The topological polar surface area (TPSA) is 58.4 Å². The molecule has 1 amide bonds. The van der Waals surface area contributed by atoms with Crippen molar-refractivity contribution in [1.82, 2.24) is 14.7 Å². The van der Waals surface area contributed by atoms with Crippen LogP contribution in [-0.2, 0) is 13.6 Å². The van der Waals surface area contributed by atoms with Gasteiger partial charge >= 0.3 is 0 Å². The fourth-order valence-electron chi connectivity index (χ4n) is 2.97. The molecule has 1 aromatic heterocycles. The predicted molar refractivity (Wildman–Crippen MR) is 87.9 cm³/mol. The molecule has 2 aromatic rings. The van der Waals surface area contributed by atoms with E-state index in [-0.39, 0.29) is 18.6 Å². The van der Waals surface area contributed by atoms with Gasteiger partial charge in [-0.2, -0.15) is 5.10 Å². The molecule has 1 fully saturated rings. The Labute approximate surface area is 136 Å². The average molecular weight is 313 g/mol. The van der Waals surface area contributed by atoms with E-state index in [0.717, 1.165) is 24.1 Å². The second-order valence-electron chi connectivity index (χ2n) is 6.27. The van der Waals surface area contributed by atoms with Crippen LogP contribution in [0.3, 0.4) is 0 Å². The summed E-state index contributed by atoms with van der Waals surface area (Å²) in [6.07, 6.45) is 3.78. The van der Waals surface area contributed by atoms with Gasteiger partial charge in [0.25, 0.3) is 5.91 Å². The Morgan fingerprint density at radius 3 is 2.61 bits per heavy atom. The number of rotatable bonds is 6. The summed E-state index contributed by atoms with van der Waals surface area (Å²) in [7, 11) is 1.83. The van der Waals surface area contributed by atoms with E-state index in [4.69, 9.17) is 0 Å². The number of hydrogen-bond donors (Lipinski definition) is 1. The third-order valence-corrected chi connectivity index (χ3v) is 4.68. The van der Waals surface area contributed by atoms with E-state index in [2.05, 4.69) is 5.10 Å². The summed E-state index contributed by atoms with van der Waals surface area (Å²) in [5.41, 5.74) is 2.53. The summed E-state index contributed by atoms with van der Waals surface area (Å²) in [5.74, 6) is 0.357. The van der Waals surface area contributed by atoms with Gasteiger partial charge in [0.2, 0.25) is 0 Å². The Kier molecular flexibility index (Phi) is 4.48. The first-order valence-corrected chi connectivity index (χ1v) is 8.06. The number of amides is 1. The maximum Gasteiger partial charge on any atom is 0.257 e. The lowest BCUT2D eigenvalue weighted by molar-refractivity contribution is 0.0530. The highest BCUT2D eigenvalue weighted by Gasteiger charge is 2.37. The first-order chi connectivity index (χ1) is 11.1. The van der Waals surface area contributed by atoms with Crippen LogP contribution in [0.2, 0.25) is 0 Å². The number of aliphatic hydroxyl groups is 1. The van der Waals surface area contributed by atoms with Crippen LogP contribution in [0.5, 0.6) is 0 Å². The van der Waals surface area contributed by atoms with E-state index >= 15 is 0 Å². The Morgan fingerprint density at radius 2 is 2.09 bits per heavy atom. The maximum atomic E-state index is 13.1. The SMILES string of the molecule is Cc1c(C(=O)N(Cc2ccccc2)C(CO)C2CC2)cnn1C. The summed E-state index contributed by atoms with van der Waals surface area (Å²) in [6.45, 7) is 2.41. The van der Waals surface area contributed by atoms with Crippen molar-refractivity contribution in [2.75, 3.05) is 6.61 Å². The van der Waals surface area contributed by atoms with Crippen LogP contribution < -0.4 is 0 Å². The van der Waals surface area contributed by atoms with Crippen LogP contribution in [0, 0.1) is 12.8 Å². The van der Waals surface area contributed by atoms with Gasteiger partial charge in [0, 0.05) is 19.3 Å². The van der Waals surface area contributed by atoms with Crippen molar-refractivity contribution in [2.45, 2.75) is 32.4 Å². The van der Waals surface area contributed by atoms with E-state index in [1.165, 1.54) is 0 Å². The molecule has 0 saturated heterocycles. The molecule has 1 aliphatic carbocycles. The normalized spacial score (nSPS) is 15.4. The lowest BCUT2D eigenvalue weighted by Crippen LogP contribution is -2.43. The maximum absolute atomic E-state index is 13.1. The van der Waals surface area contributed by atoms with Crippen LogP contribution in [0.4, 0.5) is 0 Å². The van der Waals surface area contributed by atoms with Crippen molar-refractivity contribution in [1.29, 1.82) is 0 Å². The molecule has 1 N–H and O–H groups in total. The van der Waals surface area contributed by atoms with Crippen molar-refractivity contribution >= 4 is 5.91 Å². The Balaban J connectivity index is 1.90. The molecule has 1 unspecified atom stereocenters. The van der Waals surface area contributed by atoms with Gasteiger partial charge in [0.1, 0.15) is 0 Å². The van der Waals surface area contributed by atoms with E-state index in [9.17, 15) is 9.90 Å². The third kappa shape index (κ3) is 3.29. The summed E-state index contributed by atoms with van der Waals surface area (Å²) in [4.78, 5) is 14.9. The molecule has 1 atom stereocenters. The molecule has 1 heterocycles. The second-order valence-corrected chi connectivity index (χ2v) is 6.27. The van der Waals surface area contributed by atoms with Crippen LogP contribution in [0.1, 0.15) is 34.5 Å². The van der Waals surface area contributed by atoms with Gasteiger partial charge in [-0.15, -0.1) is 0 Å². The Hall–Kier alpha value is -2.14. The lowest BCUT2D eigenvalue weighted by atomic mass is 10.1. The van der Waals surface area contributed by atoms with Crippen LogP contribution >= 0.6 is 0 Å². The zero-order chi connectivity index (χ0) is 16.4. The van der Waals surface area contributed by atoms with Crippen molar-refractivity contribution in [3.05, 3.63) is 53.3 Å². The predicted octanol–water partition coefficient (Wildman–Crippen LogP) is 2.14. The van der Waals surface area contributed by atoms with Crippen molar-refractivity contribution in [2.24, 2.45) is 13.0 Å². The smallest absolute Gasteiger partial charge is 0.257 e. The van der Waals surface area contributed by atoms with Crippen molar-refractivity contribution in [3.8, 4) is 0 Å². The standard InChI is InChI=1S/C18H23N3O2/c1-13-16(10-19-20(13)2)18(23)21(17(12-22)15-8-9-15)11-14-6-4-3-5-7-14/h3-7,10,15,17,22H,8-9,11-12H2,1-2H3. The monoisotopic (exact) mass is 313 g/mol. The van der Waals surface area contributed by atoms with Gasteiger partial charge in [0.15, 0.2) is 0 Å². The van der Waals surface area contributed by atoms with Crippen molar-refractivity contribution < 1.29 is 9.90 Å². The molecule has 23 heavy (non-hydrogen) atoms. The largest absolute Gasteiger partial charge is 0.394 e. The number of benzene rings is 1. The quantitative estimate of drug-likeness (QED) is 0.889. The number of hydrogen-bond acceptors (Lipinski definition) is 3. The summed E-state index contributed by atoms with van der Waals surface area (Å²) >= 11 is 0. The molecular weight excluding hydrogens is 290 g/mol. The average Bonchev–Trinajstić information content (AvgIpc) is 3.34. The molecular formula is C18H23N3O2. The number of aryl methyl sites for hydroxylation is 1. The fraction of sp³-hybridized carbons (Fsp3) is 0.444. The van der Waals surface area contributed by atoms with Crippen LogP contribution in [0.25, 0.3) is 0 Å². The number of carbonyl (C=O) groups excluding carboxylic acids is 1. The Bertz CT molecular complexity index is 677. The van der Waals surface area contributed by atoms with Gasteiger partial charge < -0.3 is 10.0 Å². The molecule has 5 heteroatoms. The van der Waals surface area contributed by atoms with Gasteiger partial charge in [-0.3, -0.25) is 9.48 Å². The molecule has 5 nitrogen and oxygen atoms in total. The first kappa shape index (κ1) is 15.7. The minimum Gasteiger partial charge on any atom is -0.394 e. The van der Waals surface area contributed by atoms with E-state index < -0.39 is 0 Å². The highest BCUT2D eigenvalue weighted by molar-refractivity contribution is 5.95. The van der Waals surface area contributed by atoms with E-state index in [1.54, 1.807) is 10.9 Å². The molecule has 1 aromatic carbocycles. The molecule has 1 saturated carbocycles. The number of nitrogens with zero attached hydrogens (tertiary/aromatic N) is 3. The van der Waals surface area contributed by atoms with Gasteiger partial charge in [0.05, 0.1) is 24.4 Å². The lowest BCUT2D eigenvalue weighted by Gasteiger charge is -2.31. The van der Waals surface area contributed by atoms with Gasteiger partial charge in [-0.05, 0) is 31.2 Å². The number of aliphatic hydroxyl groups excluding tert-OH is 1. The van der Waals surface area contributed by atoms with Gasteiger partial charge in [-0.25, -0.2) is 0 Å². The van der Waals surface area contributed by atoms with Crippen LogP contribution in [-0.4, -0.2) is 38.3 Å². The van der Waals surface area contributed by atoms with E-state index in [0.29, 0.717) is 18.0 Å². The number of carbonyl (C=O) groups is 1. The fourth-order valence-corrected chi connectivity index (χ4v) is 2.97. The Morgan fingerprint density at radius 1 is 1.39 bits per heavy atom. The van der Waals surface area contributed by atoms with E-state index in [1.807, 2.05) is 49.2 Å². The second kappa shape index (κ2) is 6.54. The molecule has 0 bridgehead atoms. The zero-order valence-corrected chi connectivity index (χ0v) is 13.6. The molecule has 1 aliphatic rings. The summed E-state index contributed by atoms with van der Waals surface area (Å²) in [5, 5.41) is 14.0. The minimum atomic E-state index is -0.123. The minimum absolute atomic E-state index is 0.00253. The highest BCUT2D eigenvalue weighted by atomic mass is 16.3. The van der Waals surface area contributed by atoms with Gasteiger partial charge in [-0.1, -0.05) is 30.3 Å². The van der Waals surface area contributed by atoms with Crippen LogP contribution in [0.15, 0.2) is 36.5 Å². The highest BCUT2D eigenvalue weighted by Crippen LogP contribution is 2.36. The third-order valence-electron chi connectivity index (χ3n) is 4.68. The first-order valence-electron chi connectivity index (χ1n) is 8.06. The number of aromatic nitrogens is 2. The molecule has 0 spiro atoms. The molecule has 122 valence electrons. The van der Waals surface area contributed by atoms with Crippen molar-refractivity contribution in [3.63, 3.8) is 0 Å².